The molecular weight excluding hydrogens is 302 g/mol. The van der Waals surface area contributed by atoms with Gasteiger partial charge in [-0.3, -0.25) is 4.99 Å². The van der Waals surface area contributed by atoms with Crippen LogP contribution >= 0.6 is 11.6 Å². The zero-order valence-electron chi connectivity index (χ0n) is 12.3. The number of rotatable bonds is 3. The summed E-state index contributed by atoms with van der Waals surface area (Å²) in [6, 6.07) is 9.55. The van der Waals surface area contributed by atoms with E-state index < -0.39 is 0 Å². The summed E-state index contributed by atoms with van der Waals surface area (Å²) in [4.78, 5) is 4.18. The first-order valence-corrected chi connectivity index (χ1v) is 7.11. The van der Waals surface area contributed by atoms with E-state index in [1.54, 1.807) is 14.2 Å². The molecule has 0 radical (unpaired) electrons. The number of amidine groups is 1. The molecule has 0 fully saturated rings. The second-order valence-corrected chi connectivity index (χ2v) is 5.29. The molecule has 0 saturated carbocycles. The zero-order valence-corrected chi connectivity index (χ0v) is 13.1. The maximum Gasteiger partial charge on any atom is 0.196 e. The fraction of sp³-hybridized carbons (Fsp3) is 0.188. The van der Waals surface area contributed by atoms with Gasteiger partial charge in [-0.2, -0.15) is 0 Å². The van der Waals surface area contributed by atoms with Crippen LogP contribution in [0.2, 0.25) is 0 Å². The number of benzene rings is 2. The van der Waals surface area contributed by atoms with Crippen molar-refractivity contribution in [3.8, 4) is 22.6 Å². The van der Waals surface area contributed by atoms with Crippen LogP contribution in [0.3, 0.4) is 0 Å². The van der Waals surface area contributed by atoms with Gasteiger partial charge in [-0.05, 0) is 47.0 Å². The maximum absolute atomic E-state index is 6.20. The minimum absolute atomic E-state index is 0.377. The van der Waals surface area contributed by atoms with Crippen molar-refractivity contribution >= 4 is 28.3 Å². The average molecular weight is 318 g/mol. The molecular formula is C16H16ClN3O2. The van der Waals surface area contributed by atoms with Gasteiger partial charge in [0.15, 0.2) is 5.29 Å². The van der Waals surface area contributed by atoms with Crippen molar-refractivity contribution in [1.82, 2.24) is 0 Å². The van der Waals surface area contributed by atoms with Crippen LogP contribution in [0.4, 0.5) is 11.4 Å². The first kappa shape index (κ1) is 14.5. The fourth-order valence-electron chi connectivity index (χ4n) is 2.43. The van der Waals surface area contributed by atoms with Crippen molar-refractivity contribution < 1.29 is 9.47 Å². The van der Waals surface area contributed by atoms with Gasteiger partial charge in [0, 0.05) is 23.0 Å². The molecule has 1 aliphatic heterocycles. The summed E-state index contributed by atoms with van der Waals surface area (Å²) < 4.78 is 10.6. The molecule has 2 aromatic carbocycles. The highest BCUT2D eigenvalue weighted by atomic mass is 35.5. The molecule has 3 rings (SSSR count). The standard InChI is InChI=1S/C16H16ClN3O2/c1-21-11-3-9(4-12(6-11)22-2)13-5-10-8-19-16(17)20-15(10)7-14(13)18/h3-7H,8,18H2,1-2H3,(H,19,20). The first-order valence-electron chi connectivity index (χ1n) is 6.73. The second-order valence-electron chi connectivity index (χ2n) is 4.93. The third kappa shape index (κ3) is 2.67. The van der Waals surface area contributed by atoms with Gasteiger partial charge < -0.3 is 20.5 Å². The Kier molecular flexibility index (Phi) is 3.81. The smallest absolute Gasteiger partial charge is 0.196 e. The van der Waals surface area contributed by atoms with Gasteiger partial charge in [0.2, 0.25) is 0 Å². The number of nitrogen functional groups attached to an aromatic ring is 1. The molecule has 0 unspecified atom stereocenters. The van der Waals surface area contributed by atoms with E-state index in [1.807, 2.05) is 30.3 Å². The Morgan fingerprint density at radius 1 is 1.09 bits per heavy atom. The van der Waals surface area contributed by atoms with E-state index in [-0.39, 0.29) is 0 Å². The summed E-state index contributed by atoms with van der Waals surface area (Å²) in [5, 5.41) is 3.39. The van der Waals surface area contributed by atoms with E-state index in [9.17, 15) is 0 Å². The summed E-state index contributed by atoms with van der Waals surface area (Å²) in [5.74, 6) is 1.43. The maximum atomic E-state index is 6.20. The van der Waals surface area contributed by atoms with Gasteiger partial charge in [-0.1, -0.05) is 0 Å². The van der Waals surface area contributed by atoms with Crippen LogP contribution in [-0.2, 0) is 6.54 Å². The monoisotopic (exact) mass is 317 g/mol. The predicted molar refractivity (Wildman–Crippen MR) is 90.0 cm³/mol. The number of nitrogens with two attached hydrogens (primary N) is 1. The summed E-state index contributed by atoms with van der Waals surface area (Å²) in [6.07, 6.45) is 0. The van der Waals surface area contributed by atoms with E-state index in [4.69, 9.17) is 26.8 Å². The van der Waals surface area contributed by atoms with Gasteiger partial charge >= 0.3 is 0 Å². The van der Waals surface area contributed by atoms with Crippen LogP contribution in [0, 0.1) is 0 Å². The number of halogens is 1. The lowest BCUT2D eigenvalue weighted by molar-refractivity contribution is 0.394. The van der Waals surface area contributed by atoms with Gasteiger partial charge in [0.05, 0.1) is 20.8 Å². The van der Waals surface area contributed by atoms with Gasteiger partial charge in [-0.25, -0.2) is 0 Å². The molecule has 0 aromatic heterocycles. The van der Waals surface area contributed by atoms with Gasteiger partial charge in [0.1, 0.15) is 11.5 Å². The minimum atomic E-state index is 0.377. The quantitative estimate of drug-likeness (QED) is 0.672. The van der Waals surface area contributed by atoms with E-state index in [0.29, 0.717) is 29.0 Å². The molecule has 114 valence electrons. The molecule has 1 aliphatic rings. The third-order valence-corrected chi connectivity index (χ3v) is 3.78. The highest BCUT2D eigenvalue weighted by molar-refractivity contribution is 6.67. The Bertz CT molecular complexity index is 737. The predicted octanol–water partition coefficient (Wildman–Crippen LogP) is 3.47. The van der Waals surface area contributed by atoms with Gasteiger partial charge in [0.25, 0.3) is 0 Å². The number of methoxy groups -OCH3 is 2. The van der Waals surface area contributed by atoms with Crippen molar-refractivity contribution in [3.63, 3.8) is 0 Å². The molecule has 2 aromatic rings. The van der Waals surface area contributed by atoms with E-state index in [1.165, 1.54) is 0 Å². The SMILES string of the molecule is COc1cc(OC)cc(-c2cc3c(cc2N)NC(Cl)=NC3)c1. The first-order chi connectivity index (χ1) is 10.6. The third-order valence-electron chi connectivity index (χ3n) is 3.56. The molecule has 0 saturated heterocycles. The zero-order chi connectivity index (χ0) is 15.7. The highest BCUT2D eigenvalue weighted by Crippen LogP contribution is 2.37. The Morgan fingerprint density at radius 2 is 1.77 bits per heavy atom. The van der Waals surface area contributed by atoms with Crippen LogP contribution in [0.1, 0.15) is 5.56 Å². The minimum Gasteiger partial charge on any atom is -0.497 e. The van der Waals surface area contributed by atoms with Crippen LogP contribution in [0.15, 0.2) is 35.3 Å². The van der Waals surface area contributed by atoms with Crippen LogP contribution in [0.25, 0.3) is 11.1 Å². The molecule has 22 heavy (non-hydrogen) atoms. The van der Waals surface area contributed by atoms with Crippen molar-refractivity contribution in [3.05, 3.63) is 35.9 Å². The molecule has 0 amide bonds. The van der Waals surface area contributed by atoms with Crippen LogP contribution < -0.4 is 20.5 Å². The Balaban J connectivity index is 2.10. The molecule has 1 heterocycles. The lowest BCUT2D eigenvalue weighted by Crippen LogP contribution is -2.12. The number of anilines is 2. The molecule has 5 nitrogen and oxygen atoms in total. The largest absolute Gasteiger partial charge is 0.497 e. The molecule has 0 atom stereocenters. The van der Waals surface area contributed by atoms with Crippen LogP contribution in [0.5, 0.6) is 11.5 Å². The number of aliphatic imine (C=N–C) groups is 1. The number of hydrogen-bond donors (Lipinski definition) is 2. The lowest BCUT2D eigenvalue weighted by atomic mass is 9.98. The number of ether oxygens (including phenoxy) is 2. The fourth-order valence-corrected chi connectivity index (χ4v) is 2.59. The summed E-state index contributed by atoms with van der Waals surface area (Å²) in [5.41, 5.74) is 10.6. The number of nitrogens with zero attached hydrogens (tertiary/aromatic N) is 1. The van der Waals surface area contributed by atoms with Crippen molar-refractivity contribution in [2.45, 2.75) is 6.54 Å². The van der Waals surface area contributed by atoms with Crippen LogP contribution in [-0.4, -0.2) is 19.5 Å². The Hall–Kier alpha value is -2.40. The summed E-state index contributed by atoms with van der Waals surface area (Å²) in [6.45, 7) is 0.523. The highest BCUT2D eigenvalue weighted by Gasteiger charge is 2.15. The average Bonchev–Trinajstić information content (AvgIpc) is 2.53. The molecule has 0 spiro atoms. The van der Waals surface area contributed by atoms with E-state index in [2.05, 4.69) is 10.3 Å². The molecule has 0 aliphatic carbocycles. The van der Waals surface area contributed by atoms with E-state index >= 15 is 0 Å². The second kappa shape index (κ2) is 5.77. The van der Waals surface area contributed by atoms with Gasteiger partial charge in [-0.15, -0.1) is 0 Å². The van der Waals surface area contributed by atoms with E-state index in [0.717, 1.165) is 22.4 Å². The number of nitrogens with one attached hydrogen (secondary N) is 1. The van der Waals surface area contributed by atoms with Crippen molar-refractivity contribution in [1.29, 1.82) is 0 Å². The molecule has 0 bridgehead atoms. The Morgan fingerprint density at radius 3 is 2.41 bits per heavy atom. The lowest BCUT2D eigenvalue weighted by Gasteiger charge is -2.18. The number of hydrogen-bond acceptors (Lipinski definition) is 5. The van der Waals surface area contributed by atoms with Crippen molar-refractivity contribution in [2.75, 3.05) is 25.3 Å². The molecule has 6 heteroatoms. The van der Waals surface area contributed by atoms with Crippen molar-refractivity contribution in [2.24, 2.45) is 4.99 Å². The number of fused-ring (bicyclic) bond motifs is 1. The topological polar surface area (TPSA) is 68.9 Å². The Labute approximate surface area is 133 Å². The summed E-state index contributed by atoms with van der Waals surface area (Å²) in [7, 11) is 3.24. The normalized spacial score (nSPS) is 13.0. The molecule has 3 N–H and O–H groups in total. The summed E-state index contributed by atoms with van der Waals surface area (Å²) >= 11 is 5.90.